The highest BCUT2D eigenvalue weighted by molar-refractivity contribution is 6.17. The average Bonchev–Trinajstić information content (AvgIpc) is 2.29. The zero-order valence-corrected chi connectivity index (χ0v) is 9.50. The van der Waals surface area contributed by atoms with Gasteiger partial charge in [0.2, 0.25) is 0 Å². The molecule has 0 aromatic rings. The van der Waals surface area contributed by atoms with Crippen LogP contribution in [0.3, 0.4) is 0 Å². The molecule has 1 aliphatic heterocycles. The predicted molar refractivity (Wildman–Crippen MR) is 54.8 cm³/mol. The van der Waals surface area contributed by atoms with Crippen LogP contribution in [0.5, 0.6) is 0 Å². The fourth-order valence-corrected chi connectivity index (χ4v) is 1.75. The van der Waals surface area contributed by atoms with Gasteiger partial charge in [0.25, 0.3) is 0 Å². The van der Waals surface area contributed by atoms with Crippen molar-refractivity contribution in [2.24, 2.45) is 0 Å². The van der Waals surface area contributed by atoms with Crippen LogP contribution in [0.4, 0.5) is 4.79 Å². The number of alkyl halides is 1. The van der Waals surface area contributed by atoms with Gasteiger partial charge in [-0.1, -0.05) is 11.6 Å². The number of hydrogen-bond acceptors (Lipinski definition) is 4. The number of piperidine rings is 1. The molecule has 1 fully saturated rings. The Bertz CT molecular complexity index is 210. The van der Waals surface area contributed by atoms with Gasteiger partial charge >= 0.3 is 6.09 Å². The summed E-state index contributed by atoms with van der Waals surface area (Å²) in [6, 6.07) is -0.134. The first-order valence-electron chi connectivity index (χ1n) is 4.81. The minimum Gasteiger partial charge on any atom is -0.433 e. The van der Waals surface area contributed by atoms with E-state index < -0.39 is 11.7 Å². The van der Waals surface area contributed by atoms with Crippen LogP contribution in [0.2, 0.25) is 0 Å². The maximum absolute atomic E-state index is 11.3. The van der Waals surface area contributed by atoms with Crippen molar-refractivity contribution in [3.05, 3.63) is 0 Å². The molecular weight excluding hydrogens is 222 g/mol. The number of carbonyl (C=O) groups is 1. The number of aliphatic hydroxyl groups is 1. The second-order valence-corrected chi connectivity index (χ2v) is 3.77. The smallest absolute Gasteiger partial charge is 0.410 e. The molecule has 1 rings (SSSR count). The van der Waals surface area contributed by atoms with E-state index in [1.807, 2.05) is 0 Å². The molecule has 88 valence electrons. The van der Waals surface area contributed by atoms with Crippen molar-refractivity contribution in [2.75, 3.05) is 32.9 Å². The molecule has 0 atom stereocenters. The molecule has 1 saturated heterocycles. The maximum Gasteiger partial charge on any atom is 0.410 e. The van der Waals surface area contributed by atoms with Gasteiger partial charge in [0.15, 0.2) is 6.07 Å². The Kier molecular flexibility index (Phi) is 4.63. The van der Waals surface area contributed by atoms with Crippen molar-refractivity contribution < 1.29 is 19.4 Å². The molecule has 0 aromatic carbocycles. The lowest BCUT2D eigenvalue weighted by molar-refractivity contribution is -0.0861. The van der Waals surface area contributed by atoms with Crippen LogP contribution in [0, 0.1) is 0 Å². The number of ether oxygens (including phenoxy) is 2. The second-order valence-electron chi connectivity index (χ2n) is 3.55. The third kappa shape index (κ3) is 2.96. The summed E-state index contributed by atoms with van der Waals surface area (Å²) >= 11 is 5.29. The summed E-state index contributed by atoms with van der Waals surface area (Å²) in [7, 11) is 1.57. The van der Waals surface area contributed by atoms with Gasteiger partial charge in [0, 0.05) is 20.2 Å². The Morgan fingerprint density at radius 3 is 2.53 bits per heavy atom. The molecule has 1 heterocycles. The maximum atomic E-state index is 11.3. The minimum atomic E-state index is -0.502. The number of amides is 1. The van der Waals surface area contributed by atoms with Gasteiger partial charge in [-0.05, 0) is 12.8 Å². The Morgan fingerprint density at radius 1 is 1.53 bits per heavy atom. The Hall–Kier alpha value is -0.520. The summed E-state index contributed by atoms with van der Waals surface area (Å²) < 4.78 is 9.93. The van der Waals surface area contributed by atoms with Gasteiger partial charge < -0.3 is 19.5 Å². The summed E-state index contributed by atoms with van der Waals surface area (Å²) in [6.45, 7) is 1.01. The van der Waals surface area contributed by atoms with E-state index in [1.165, 1.54) is 0 Å². The normalized spacial score (nSPS) is 20.1. The third-order valence-corrected chi connectivity index (χ3v) is 2.94. The molecule has 0 bridgehead atoms. The third-order valence-electron chi connectivity index (χ3n) is 2.83. The number of hydrogen-bond donors (Lipinski definition) is 1. The van der Waals surface area contributed by atoms with Crippen molar-refractivity contribution in [2.45, 2.75) is 18.4 Å². The molecule has 0 radical (unpaired) electrons. The minimum absolute atomic E-state index is 0.0259. The predicted octanol–water partition coefficient (Wildman–Crippen LogP) is 0.793. The summed E-state index contributed by atoms with van der Waals surface area (Å²) in [5.74, 6) is 0. The van der Waals surface area contributed by atoms with Crippen LogP contribution in [0.1, 0.15) is 12.8 Å². The first-order valence-corrected chi connectivity index (χ1v) is 5.34. The fraction of sp³-hybridized carbons (Fsp3) is 0.889. The Balaban J connectivity index is 2.44. The molecular formula is C9H16ClNO4. The molecule has 15 heavy (non-hydrogen) atoms. The van der Waals surface area contributed by atoms with E-state index in [4.69, 9.17) is 16.3 Å². The Morgan fingerprint density at radius 2 is 2.13 bits per heavy atom. The SMILES string of the molecule is COC1(CO)CCN(C(=O)OCCl)CC1. The molecule has 1 amide bonds. The highest BCUT2D eigenvalue weighted by Gasteiger charge is 2.35. The lowest BCUT2D eigenvalue weighted by Crippen LogP contribution is -2.49. The van der Waals surface area contributed by atoms with Gasteiger partial charge in [-0.25, -0.2) is 4.79 Å². The zero-order chi connectivity index (χ0) is 11.3. The number of rotatable bonds is 3. The molecule has 1 aliphatic rings. The molecule has 0 spiro atoms. The van der Waals surface area contributed by atoms with E-state index in [0.717, 1.165) is 0 Å². The van der Waals surface area contributed by atoms with E-state index in [2.05, 4.69) is 4.74 Å². The molecule has 0 aliphatic carbocycles. The van der Waals surface area contributed by atoms with E-state index in [0.29, 0.717) is 25.9 Å². The van der Waals surface area contributed by atoms with Gasteiger partial charge in [-0.15, -0.1) is 0 Å². The quantitative estimate of drug-likeness (QED) is 0.738. The molecule has 0 saturated carbocycles. The van der Waals surface area contributed by atoms with Crippen LogP contribution in [0.15, 0.2) is 0 Å². The topological polar surface area (TPSA) is 59.0 Å². The fourth-order valence-electron chi connectivity index (χ4n) is 1.66. The standard InChI is InChI=1S/C9H16ClNO4/c1-14-9(6-12)2-4-11(5-3-9)8(13)15-7-10/h12H,2-7H2,1H3. The van der Waals surface area contributed by atoms with Crippen molar-refractivity contribution in [3.8, 4) is 0 Å². The van der Waals surface area contributed by atoms with Crippen molar-refractivity contribution in [1.82, 2.24) is 4.90 Å². The molecule has 6 heteroatoms. The monoisotopic (exact) mass is 237 g/mol. The Labute approximate surface area is 93.9 Å². The van der Waals surface area contributed by atoms with E-state index >= 15 is 0 Å². The lowest BCUT2D eigenvalue weighted by Gasteiger charge is -2.38. The van der Waals surface area contributed by atoms with Crippen molar-refractivity contribution in [3.63, 3.8) is 0 Å². The van der Waals surface area contributed by atoms with Crippen molar-refractivity contribution in [1.29, 1.82) is 0 Å². The van der Waals surface area contributed by atoms with E-state index in [-0.39, 0.29) is 12.7 Å². The van der Waals surface area contributed by atoms with E-state index in [9.17, 15) is 9.90 Å². The summed E-state index contributed by atoms with van der Waals surface area (Å²) in [5, 5.41) is 9.19. The second kappa shape index (κ2) is 5.53. The molecule has 5 nitrogen and oxygen atoms in total. The van der Waals surface area contributed by atoms with Gasteiger partial charge in [-0.3, -0.25) is 0 Å². The number of nitrogens with zero attached hydrogens (tertiary/aromatic N) is 1. The van der Waals surface area contributed by atoms with Crippen molar-refractivity contribution >= 4 is 17.7 Å². The number of halogens is 1. The van der Waals surface area contributed by atoms with Gasteiger partial charge in [0.05, 0.1) is 12.2 Å². The van der Waals surface area contributed by atoms with Crippen LogP contribution in [-0.2, 0) is 9.47 Å². The highest BCUT2D eigenvalue weighted by atomic mass is 35.5. The molecule has 1 N–H and O–H groups in total. The van der Waals surface area contributed by atoms with Crippen LogP contribution < -0.4 is 0 Å². The average molecular weight is 238 g/mol. The number of methoxy groups -OCH3 is 1. The zero-order valence-electron chi connectivity index (χ0n) is 8.74. The largest absolute Gasteiger partial charge is 0.433 e. The number of aliphatic hydroxyl groups excluding tert-OH is 1. The molecule has 0 unspecified atom stereocenters. The highest BCUT2D eigenvalue weighted by Crippen LogP contribution is 2.25. The number of likely N-dealkylation sites (tertiary alicyclic amines) is 1. The first kappa shape index (κ1) is 12.5. The van der Waals surface area contributed by atoms with E-state index in [1.54, 1.807) is 12.0 Å². The first-order chi connectivity index (χ1) is 7.17. The lowest BCUT2D eigenvalue weighted by atomic mass is 9.92. The van der Waals surface area contributed by atoms with Gasteiger partial charge in [-0.2, -0.15) is 0 Å². The molecule has 0 aromatic heterocycles. The van der Waals surface area contributed by atoms with Crippen LogP contribution in [0.25, 0.3) is 0 Å². The summed E-state index contributed by atoms with van der Waals surface area (Å²) in [5.41, 5.74) is -0.502. The summed E-state index contributed by atoms with van der Waals surface area (Å²) in [4.78, 5) is 12.9. The van der Waals surface area contributed by atoms with Crippen LogP contribution in [-0.4, -0.2) is 54.6 Å². The van der Waals surface area contributed by atoms with Gasteiger partial charge in [0.1, 0.15) is 0 Å². The number of carbonyl (C=O) groups excluding carboxylic acids is 1. The van der Waals surface area contributed by atoms with Crippen LogP contribution >= 0.6 is 11.6 Å². The summed E-state index contributed by atoms with van der Waals surface area (Å²) in [6.07, 6.45) is 0.807.